The molecule has 0 aromatic rings. The molecule has 2 rings (SSSR count). The molecule has 0 spiro atoms. The molecule has 8 N–H and O–H groups in total. The summed E-state index contributed by atoms with van der Waals surface area (Å²) in [5.74, 6) is -3.33. The first-order valence-electron chi connectivity index (χ1n) is 15.1. The molecule has 0 aliphatic carbocycles. The number of primary amides is 2. The Kier molecular flexibility index (Phi) is 15.3. The Morgan fingerprint density at radius 2 is 1.53 bits per heavy atom. The van der Waals surface area contributed by atoms with Gasteiger partial charge in [-0.1, -0.05) is 34.1 Å². The maximum absolute atomic E-state index is 13.7. The fourth-order valence-corrected chi connectivity index (χ4v) is 6.94. The van der Waals surface area contributed by atoms with Crippen molar-refractivity contribution < 1.29 is 38.3 Å². The number of rotatable bonds is 19. The van der Waals surface area contributed by atoms with Gasteiger partial charge in [0.2, 0.25) is 29.5 Å². The normalized spacial score (nSPS) is 18.2. The molecular weight excluding hydrogens is 624 g/mol. The summed E-state index contributed by atoms with van der Waals surface area (Å²) in [5.41, 5.74) is 9.35. The molecule has 45 heavy (non-hydrogen) atoms. The Morgan fingerprint density at radius 1 is 0.933 bits per heavy atom. The van der Waals surface area contributed by atoms with Crippen LogP contribution in [0.3, 0.4) is 0 Å². The van der Waals surface area contributed by atoms with Gasteiger partial charge in [0.25, 0.3) is 11.8 Å². The molecule has 16 heteroatoms. The maximum Gasteiger partial charge on any atom is 0.265 e. The summed E-state index contributed by atoms with van der Waals surface area (Å²) in [7, 11) is 0. The first kappa shape index (κ1) is 38.1. The summed E-state index contributed by atoms with van der Waals surface area (Å²) in [6.45, 7) is 7.90. The van der Waals surface area contributed by atoms with Gasteiger partial charge in [0, 0.05) is 44.6 Å². The highest BCUT2D eigenvalue weighted by molar-refractivity contribution is 8.08. The van der Waals surface area contributed by atoms with E-state index in [1.165, 1.54) is 0 Å². The number of thioether (sulfide) groups is 2. The Hall–Kier alpha value is -3.11. The van der Waals surface area contributed by atoms with Gasteiger partial charge in [-0.2, -0.15) is 0 Å². The van der Waals surface area contributed by atoms with Crippen LogP contribution in [0, 0.1) is 11.8 Å². The summed E-state index contributed by atoms with van der Waals surface area (Å²) in [6, 6.07) is -1.87. The fraction of sp³-hybridized carbons (Fsp3) is 0.690. The van der Waals surface area contributed by atoms with Crippen molar-refractivity contribution in [3.63, 3.8) is 0 Å². The summed E-state index contributed by atoms with van der Waals surface area (Å²) in [4.78, 5) is 88.1. The number of carbonyl (C=O) groups is 7. The summed E-state index contributed by atoms with van der Waals surface area (Å²) < 4.78 is 5.45. The molecule has 0 aromatic carbocycles. The third-order valence-electron chi connectivity index (χ3n) is 7.54. The molecule has 2 heterocycles. The highest BCUT2D eigenvalue weighted by Gasteiger charge is 2.43. The molecule has 0 radical (unpaired) electrons. The zero-order valence-corrected chi connectivity index (χ0v) is 28.0. The lowest BCUT2D eigenvalue weighted by Crippen LogP contribution is -2.64. The van der Waals surface area contributed by atoms with E-state index in [1.54, 1.807) is 6.92 Å². The van der Waals surface area contributed by atoms with E-state index >= 15 is 0 Å². The van der Waals surface area contributed by atoms with E-state index in [0.717, 1.165) is 23.5 Å². The molecule has 14 nitrogen and oxygen atoms in total. The number of ether oxygens (including phenoxy) is 1. The van der Waals surface area contributed by atoms with E-state index in [9.17, 15) is 33.6 Å². The smallest absolute Gasteiger partial charge is 0.265 e. The Bertz CT molecular complexity index is 1170. The average molecular weight is 671 g/mol. The highest BCUT2D eigenvalue weighted by Crippen LogP contribution is 2.33. The van der Waals surface area contributed by atoms with Crippen LogP contribution in [-0.4, -0.2) is 83.7 Å². The number of nitrogens with one attached hydrogen (secondary N) is 4. The van der Waals surface area contributed by atoms with Crippen LogP contribution in [0.1, 0.15) is 72.6 Å². The minimum absolute atomic E-state index is 0.0223. The minimum Gasteiger partial charge on any atom is -0.381 e. The monoisotopic (exact) mass is 670 g/mol. The van der Waals surface area contributed by atoms with Gasteiger partial charge in [0.15, 0.2) is 0 Å². The van der Waals surface area contributed by atoms with Gasteiger partial charge < -0.3 is 32.2 Å². The van der Waals surface area contributed by atoms with E-state index in [-0.39, 0.29) is 66.3 Å². The van der Waals surface area contributed by atoms with Crippen LogP contribution in [-0.2, 0) is 38.3 Å². The lowest BCUT2D eigenvalue weighted by atomic mass is 9.87. The van der Waals surface area contributed by atoms with Crippen molar-refractivity contribution in [3.05, 3.63) is 9.81 Å². The van der Waals surface area contributed by atoms with E-state index in [4.69, 9.17) is 16.2 Å². The molecule has 2 aliphatic rings. The highest BCUT2D eigenvalue weighted by atomic mass is 32.2. The lowest BCUT2D eigenvalue weighted by molar-refractivity contribution is -0.140. The van der Waals surface area contributed by atoms with Crippen molar-refractivity contribution in [2.75, 3.05) is 24.7 Å². The fourth-order valence-electron chi connectivity index (χ4n) is 4.79. The molecule has 0 aromatic heterocycles. The van der Waals surface area contributed by atoms with Crippen molar-refractivity contribution >= 4 is 64.9 Å². The molecule has 1 fully saturated rings. The number of nitrogens with two attached hydrogens (primary N) is 2. The Morgan fingerprint density at radius 3 is 2.07 bits per heavy atom. The Labute approximate surface area is 272 Å². The van der Waals surface area contributed by atoms with Gasteiger partial charge in [0.05, 0.1) is 9.81 Å². The zero-order chi connectivity index (χ0) is 33.7. The maximum atomic E-state index is 13.7. The van der Waals surface area contributed by atoms with Crippen molar-refractivity contribution in [3.8, 4) is 0 Å². The van der Waals surface area contributed by atoms with Gasteiger partial charge >= 0.3 is 0 Å². The molecule has 2 aliphatic heterocycles. The quantitative estimate of drug-likeness (QED) is 0.0807. The van der Waals surface area contributed by atoms with Gasteiger partial charge in [-0.3, -0.25) is 38.9 Å². The minimum atomic E-state index is -1.34. The lowest BCUT2D eigenvalue weighted by Gasteiger charge is -2.38. The van der Waals surface area contributed by atoms with Crippen molar-refractivity contribution in [1.29, 1.82) is 0 Å². The predicted octanol–water partition coefficient (Wildman–Crippen LogP) is 0.189. The van der Waals surface area contributed by atoms with Crippen molar-refractivity contribution in [2.45, 2.75) is 90.3 Å². The molecule has 1 saturated heterocycles. The second-order valence-electron chi connectivity index (χ2n) is 11.6. The van der Waals surface area contributed by atoms with E-state index in [2.05, 4.69) is 21.3 Å². The molecule has 0 unspecified atom stereocenters. The molecule has 0 saturated carbocycles. The second-order valence-corrected chi connectivity index (χ2v) is 13.8. The average Bonchev–Trinajstić information content (AvgIpc) is 3.24. The molecule has 7 amide bonds. The third-order valence-corrected chi connectivity index (χ3v) is 9.93. The standard InChI is InChI=1S/C29H46N6O8S2/c1-5-17(4)21(24(31)38)33-25(39)18(15-16(2)3)32-28(42)29(9-11-43-12-10-29)35-20(37)8-14-45-23-22(26(40)34-27(23)41)44-13-6-7-19(30)36/h16-18,21H,5-15H2,1-4H3,(H2,30,36)(H2,31,38)(H,32,42)(H,33,39)(H,35,37)(H,34,40,41)/t17-,18-,21-/m0/s1. The molecule has 3 atom stereocenters. The van der Waals surface area contributed by atoms with Crippen LogP contribution >= 0.6 is 23.5 Å². The van der Waals surface area contributed by atoms with Gasteiger partial charge in [-0.05, 0) is 30.4 Å². The summed E-state index contributed by atoms with van der Waals surface area (Å²) >= 11 is 2.21. The SMILES string of the molecule is CC[C@H](C)[C@H](NC(=O)[C@H](CC(C)C)NC(=O)C1(NC(=O)CCSC2=C(SCCCC(N)=O)C(=O)NC2=O)CCOCC1)C(N)=O. The van der Waals surface area contributed by atoms with Crippen LogP contribution in [0.2, 0.25) is 0 Å². The number of carbonyl (C=O) groups excluding carboxylic acids is 7. The van der Waals surface area contributed by atoms with Crippen LogP contribution in [0.15, 0.2) is 9.81 Å². The van der Waals surface area contributed by atoms with Crippen LogP contribution in [0.4, 0.5) is 0 Å². The van der Waals surface area contributed by atoms with Crippen molar-refractivity contribution in [1.82, 2.24) is 21.3 Å². The third kappa shape index (κ3) is 11.6. The van der Waals surface area contributed by atoms with Gasteiger partial charge in [-0.25, -0.2) is 0 Å². The summed E-state index contributed by atoms with van der Waals surface area (Å²) in [5, 5.41) is 10.6. The number of amides is 7. The second kappa shape index (κ2) is 18.1. The number of hydrogen-bond acceptors (Lipinski definition) is 10. The predicted molar refractivity (Wildman–Crippen MR) is 171 cm³/mol. The van der Waals surface area contributed by atoms with Crippen molar-refractivity contribution in [2.24, 2.45) is 23.3 Å². The van der Waals surface area contributed by atoms with Gasteiger partial charge in [-0.15, -0.1) is 23.5 Å². The van der Waals surface area contributed by atoms with Crippen LogP contribution in [0.25, 0.3) is 0 Å². The van der Waals surface area contributed by atoms with Gasteiger partial charge in [0.1, 0.15) is 17.6 Å². The zero-order valence-electron chi connectivity index (χ0n) is 26.3. The van der Waals surface area contributed by atoms with E-state index < -0.39 is 59.0 Å². The molecular formula is C29H46N6O8S2. The Balaban J connectivity index is 2.10. The first-order valence-corrected chi connectivity index (χ1v) is 17.1. The molecule has 252 valence electrons. The first-order chi connectivity index (χ1) is 21.2. The van der Waals surface area contributed by atoms with E-state index in [1.807, 2.05) is 20.8 Å². The van der Waals surface area contributed by atoms with Crippen LogP contribution < -0.4 is 32.7 Å². The summed E-state index contributed by atoms with van der Waals surface area (Å²) in [6.07, 6.45) is 1.81. The van der Waals surface area contributed by atoms with Crippen LogP contribution in [0.5, 0.6) is 0 Å². The largest absolute Gasteiger partial charge is 0.381 e. The topological polar surface area (TPSA) is 229 Å². The number of imide groups is 1. The number of hydrogen-bond donors (Lipinski definition) is 6. The van der Waals surface area contributed by atoms with E-state index in [0.29, 0.717) is 25.0 Å². The molecule has 0 bridgehead atoms.